The average molecular weight is 283 g/mol. The van der Waals surface area contributed by atoms with Crippen LogP contribution in [-0.2, 0) is 4.79 Å². The summed E-state index contributed by atoms with van der Waals surface area (Å²) in [6.07, 6.45) is -0.950. The van der Waals surface area contributed by atoms with E-state index in [1.807, 2.05) is 13.8 Å². The topological polar surface area (TPSA) is 58.6 Å². The average Bonchev–Trinajstić information content (AvgIpc) is 2.39. The van der Waals surface area contributed by atoms with Gasteiger partial charge in [-0.05, 0) is 25.0 Å². The predicted octanol–water partition coefficient (Wildman–Crippen LogP) is 2.12. The van der Waals surface area contributed by atoms with Gasteiger partial charge in [-0.3, -0.25) is 4.79 Å². The molecule has 2 unspecified atom stereocenters. The second kappa shape index (κ2) is 7.85. The maximum Gasteiger partial charge on any atom is 0.222 e. The first kappa shape index (κ1) is 16.4. The molecule has 0 aliphatic rings. The molecule has 1 amide bonds. The molecule has 0 radical (unpaired) electrons. The molecule has 20 heavy (non-hydrogen) atoms. The summed E-state index contributed by atoms with van der Waals surface area (Å²) in [6, 6.07) is 6.13. The van der Waals surface area contributed by atoms with E-state index in [0.717, 1.165) is 0 Å². The van der Waals surface area contributed by atoms with E-state index in [1.54, 1.807) is 19.1 Å². The fourth-order valence-electron chi connectivity index (χ4n) is 1.55. The summed E-state index contributed by atoms with van der Waals surface area (Å²) >= 11 is 0. The standard InChI is InChI=1S/C15H22FNO3/c1-10(2)13(18)8-15(19)17-9-11(3)20-14-7-5-4-6-12(14)16/h4-7,10-11,13,18H,8-9H2,1-3H3,(H,17,19). The molecule has 0 bridgehead atoms. The molecule has 0 saturated heterocycles. The van der Waals surface area contributed by atoms with E-state index in [4.69, 9.17) is 4.74 Å². The van der Waals surface area contributed by atoms with Crippen molar-refractivity contribution in [2.24, 2.45) is 5.92 Å². The summed E-state index contributed by atoms with van der Waals surface area (Å²) in [5.41, 5.74) is 0. The molecular formula is C15H22FNO3. The quantitative estimate of drug-likeness (QED) is 0.806. The Hall–Kier alpha value is -1.62. The second-order valence-corrected chi connectivity index (χ2v) is 5.18. The minimum atomic E-state index is -0.655. The van der Waals surface area contributed by atoms with Crippen molar-refractivity contribution in [3.8, 4) is 5.75 Å². The maximum absolute atomic E-state index is 13.4. The molecule has 1 rings (SSSR count). The van der Waals surface area contributed by atoms with Gasteiger partial charge in [0.1, 0.15) is 6.10 Å². The summed E-state index contributed by atoms with van der Waals surface area (Å²) in [6.45, 7) is 5.70. The minimum Gasteiger partial charge on any atom is -0.486 e. The first-order chi connectivity index (χ1) is 9.40. The van der Waals surface area contributed by atoms with Crippen LogP contribution in [0.25, 0.3) is 0 Å². The van der Waals surface area contributed by atoms with Gasteiger partial charge in [0.25, 0.3) is 0 Å². The van der Waals surface area contributed by atoms with Crippen LogP contribution in [0.5, 0.6) is 5.75 Å². The Morgan fingerprint density at radius 1 is 1.35 bits per heavy atom. The number of nitrogens with one attached hydrogen (secondary N) is 1. The normalized spacial score (nSPS) is 13.9. The number of rotatable bonds is 7. The molecule has 0 heterocycles. The molecular weight excluding hydrogens is 261 g/mol. The number of amides is 1. The Bertz CT molecular complexity index is 437. The van der Waals surface area contributed by atoms with Gasteiger partial charge in [0.2, 0.25) is 5.91 Å². The molecule has 0 aliphatic carbocycles. The number of carbonyl (C=O) groups is 1. The number of aliphatic hydroxyl groups excluding tert-OH is 1. The summed E-state index contributed by atoms with van der Waals surface area (Å²) in [7, 11) is 0. The second-order valence-electron chi connectivity index (χ2n) is 5.18. The molecule has 0 spiro atoms. The Labute approximate surface area is 119 Å². The molecule has 0 fully saturated rings. The zero-order valence-corrected chi connectivity index (χ0v) is 12.1. The van der Waals surface area contributed by atoms with Gasteiger partial charge in [-0.15, -0.1) is 0 Å². The van der Waals surface area contributed by atoms with Gasteiger partial charge >= 0.3 is 0 Å². The molecule has 1 aromatic rings. The number of hydrogen-bond donors (Lipinski definition) is 2. The van der Waals surface area contributed by atoms with Crippen LogP contribution in [0, 0.1) is 11.7 Å². The minimum absolute atomic E-state index is 0.0350. The van der Waals surface area contributed by atoms with Crippen molar-refractivity contribution in [3.05, 3.63) is 30.1 Å². The Morgan fingerprint density at radius 3 is 2.60 bits per heavy atom. The van der Waals surface area contributed by atoms with Crippen LogP contribution in [0.3, 0.4) is 0 Å². The van der Waals surface area contributed by atoms with E-state index in [-0.39, 0.29) is 36.6 Å². The largest absolute Gasteiger partial charge is 0.486 e. The third-order valence-electron chi connectivity index (χ3n) is 2.92. The predicted molar refractivity (Wildman–Crippen MR) is 75.0 cm³/mol. The number of benzene rings is 1. The Morgan fingerprint density at radius 2 is 2.00 bits per heavy atom. The lowest BCUT2D eigenvalue weighted by Crippen LogP contribution is -2.36. The van der Waals surface area contributed by atoms with Gasteiger partial charge in [-0.1, -0.05) is 26.0 Å². The van der Waals surface area contributed by atoms with Gasteiger partial charge in [-0.25, -0.2) is 4.39 Å². The van der Waals surface area contributed by atoms with Gasteiger partial charge < -0.3 is 15.2 Å². The zero-order chi connectivity index (χ0) is 15.1. The third-order valence-corrected chi connectivity index (χ3v) is 2.92. The zero-order valence-electron chi connectivity index (χ0n) is 12.1. The Balaban J connectivity index is 2.35. The Kier molecular flexibility index (Phi) is 6.45. The number of para-hydroxylation sites is 1. The van der Waals surface area contributed by atoms with Gasteiger partial charge in [0.05, 0.1) is 19.1 Å². The first-order valence-electron chi connectivity index (χ1n) is 6.76. The fourth-order valence-corrected chi connectivity index (χ4v) is 1.55. The van der Waals surface area contributed by atoms with Gasteiger partial charge in [-0.2, -0.15) is 0 Å². The highest BCUT2D eigenvalue weighted by Gasteiger charge is 2.15. The van der Waals surface area contributed by atoms with Gasteiger partial charge in [0.15, 0.2) is 11.6 Å². The maximum atomic E-state index is 13.4. The SMILES string of the molecule is CC(CNC(=O)CC(O)C(C)C)Oc1ccccc1F. The van der Waals surface area contributed by atoms with E-state index >= 15 is 0 Å². The summed E-state index contributed by atoms with van der Waals surface area (Å²) in [5, 5.41) is 12.3. The fraction of sp³-hybridized carbons (Fsp3) is 0.533. The van der Waals surface area contributed by atoms with Crippen molar-refractivity contribution in [3.63, 3.8) is 0 Å². The smallest absolute Gasteiger partial charge is 0.222 e. The van der Waals surface area contributed by atoms with Crippen molar-refractivity contribution in [2.75, 3.05) is 6.54 Å². The van der Waals surface area contributed by atoms with Crippen LogP contribution in [0.4, 0.5) is 4.39 Å². The molecule has 5 heteroatoms. The molecule has 4 nitrogen and oxygen atoms in total. The molecule has 2 N–H and O–H groups in total. The number of halogens is 1. The summed E-state index contributed by atoms with van der Waals surface area (Å²) in [5.74, 6) is -0.472. The summed E-state index contributed by atoms with van der Waals surface area (Å²) in [4.78, 5) is 11.6. The van der Waals surface area contributed by atoms with Crippen LogP contribution < -0.4 is 10.1 Å². The highest BCUT2D eigenvalue weighted by Crippen LogP contribution is 2.16. The molecule has 2 atom stereocenters. The van der Waals surface area contributed by atoms with E-state index in [2.05, 4.69) is 5.32 Å². The van der Waals surface area contributed by atoms with E-state index < -0.39 is 11.9 Å². The van der Waals surface area contributed by atoms with Crippen LogP contribution >= 0.6 is 0 Å². The molecule has 1 aromatic carbocycles. The lowest BCUT2D eigenvalue weighted by atomic mass is 10.0. The lowest BCUT2D eigenvalue weighted by molar-refractivity contribution is -0.123. The van der Waals surface area contributed by atoms with Crippen LogP contribution in [0.2, 0.25) is 0 Å². The summed E-state index contributed by atoms with van der Waals surface area (Å²) < 4.78 is 18.8. The van der Waals surface area contributed by atoms with E-state index in [1.165, 1.54) is 12.1 Å². The van der Waals surface area contributed by atoms with E-state index in [9.17, 15) is 14.3 Å². The number of aliphatic hydroxyl groups is 1. The van der Waals surface area contributed by atoms with Crippen LogP contribution in [-0.4, -0.2) is 29.8 Å². The third kappa shape index (κ3) is 5.57. The molecule has 0 aromatic heterocycles. The monoisotopic (exact) mass is 283 g/mol. The highest BCUT2D eigenvalue weighted by molar-refractivity contribution is 5.76. The number of carbonyl (C=O) groups excluding carboxylic acids is 1. The van der Waals surface area contributed by atoms with Crippen molar-refractivity contribution >= 4 is 5.91 Å². The van der Waals surface area contributed by atoms with Crippen molar-refractivity contribution < 1.29 is 19.0 Å². The lowest BCUT2D eigenvalue weighted by Gasteiger charge is -2.17. The van der Waals surface area contributed by atoms with Crippen LogP contribution in [0.1, 0.15) is 27.2 Å². The molecule has 0 saturated carbocycles. The first-order valence-corrected chi connectivity index (χ1v) is 6.76. The number of ether oxygens (including phenoxy) is 1. The van der Waals surface area contributed by atoms with Crippen LogP contribution in [0.15, 0.2) is 24.3 Å². The van der Waals surface area contributed by atoms with Crippen molar-refractivity contribution in [2.45, 2.75) is 39.4 Å². The van der Waals surface area contributed by atoms with Gasteiger partial charge in [0, 0.05) is 0 Å². The number of hydrogen-bond acceptors (Lipinski definition) is 3. The molecule has 112 valence electrons. The van der Waals surface area contributed by atoms with Crippen molar-refractivity contribution in [1.29, 1.82) is 0 Å². The molecule has 0 aliphatic heterocycles. The van der Waals surface area contributed by atoms with Crippen molar-refractivity contribution in [1.82, 2.24) is 5.32 Å². The van der Waals surface area contributed by atoms with E-state index in [0.29, 0.717) is 0 Å². The highest BCUT2D eigenvalue weighted by atomic mass is 19.1.